The second-order valence-electron chi connectivity index (χ2n) is 17.0. The summed E-state index contributed by atoms with van der Waals surface area (Å²) in [5, 5.41) is 26.4. The number of rotatable bonds is 6. The van der Waals surface area contributed by atoms with E-state index in [1.54, 1.807) is 61.7 Å². The monoisotopic (exact) mass is 1050 g/mol. The van der Waals surface area contributed by atoms with Crippen LogP contribution < -0.4 is 10.8 Å². The quantitative estimate of drug-likeness (QED) is 0.135. The molecule has 13 aromatic rings. The third-order valence-electron chi connectivity index (χ3n) is 12.0. The van der Waals surface area contributed by atoms with E-state index in [4.69, 9.17) is 21.6 Å². The number of hydrogen-bond donors (Lipinski definition) is 3. The zero-order valence-corrected chi connectivity index (χ0v) is 42.0. The van der Waals surface area contributed by atoms with Gasteiger partial charge in [-0.3, -0.25) is 44.9 Å². The molecule has 3 N–H and O–H groups in total. The summed E-state index contributed by atoms with van der Waals surface area (Å²) in [5.41, 5.74) is 13.8. The van der Waals surface area contributed by atoms with Crippen molar-refractivity contribution in [3.05, 3.63) is 235 Å². The lowest BCUT2D eigenvalue weighted by Crippen LogP contribution is -2.29. The molecule has 0 aliphatic rings. The summed E-state index contributed by atoms with van der Waals surface area (Å²) in [7, 11) is -1.42. The molecule has 0 fully saturated rings. The molecular formula is C59H43BBrClN10O2. The number of anilines is 1. The lowest BCUT2D eigenvalue weighted by molar-refractivity contribution is 0.426. The van der Waals surface area contributed by atoms with Crippen LogP contribution in [0.3, 0.4) is 0 Å². The molecular weight excluding hydrogens is 1010 g/mol. The molecule has 13 rings (SSSR count). The van der Waals surface area contributed by atoms with E-state index in [0.717, 1.165) is 98.3 Å². The molecule has 0 bridgehead atoms. The Hall–Kier alpha value is -8.66. The van der Waals surface area contributed by atoms with Crippen molar-refractivity contribution in [1.29, 1.82) is 0 Å². The highest BCUT2D eigenvalue weighted by atomic mass is 79.9. The van der Waals surface area contributed by atoms with Crippen LogP contribution in [-0.2, 0) is 0 Å². The van der Waals surface area contributed by atoms with Crippen LogP contribution in [0.5, 0.6) is 0 Å². The first-order valence-electron chi connectivity index (χ1n) is 23.5. The number of benzene rings is 6. The lowest BCUT2D eigenvalue weighted by Gasteiger charge is -2.17. The maximum absolute atomic E-state index is 8.91. The molecule has 7 aromatic heterocycles. The summed E-state index contributed by atoms with van der Waals surface area (Å²) in [4.78, 5) is 39.3. The average molecular weight is 1050 g/mol. The standard InChI is InChI=1S/C24H19N5.C17H10ClN3.C9H8BNO2.C9H6BrN/c1-16(19-5-2-8-25-15-19)29-20-13-21(24-23(14-20)27-10-11-28-24)18-7-6-17-4-3-9-26-22(17)12-18;18-13-9-14(17-16(10-13)20-6-7-21-17)12-4-3-11-2-1-5-19-15(11)8-12;12-10(13)8-4-3-7-2-1-5-11-9(7)6-8;10-8-4-3-7-2-1-5-11-9(7)6-8/h2-16,29H,1H3;1-10H;1-6,12-13H;1-6H. The highest BCUT2D eigenvalue weighted by molar-refractivity contribution is 9.10. The zero-order chi connectivity index (χ0) is 50.8. The molecule has 358 valence electrons. The van der Waals surface area contributed by atoms with Crippen molar-refractivity contribution in [2.75, 3.05) is 5.32 Å². The summed E-state index contributed by atoms with van der Waals surface area (Å²) in [5.74, 6) is 0. The van der Waals surface area contributed by atoms with Gasteiger partial charge in [0.25, 0.3) is 0 Å². The number of fused-ring (bicyclic) bond motifs is 6. The van der Waals surface area contributed by atoms with Gasteiger partial charge >= 0.3 is 7.12 Å². The van der Waals surface area contributed by atoms with Gasteiger partial charge in [-0.1, -0.05) is 100 Å². The molecule has 7 heterocycles. The highest BCUT2D eigenvalue weighted by Crippen LogP contribution is 2.34. The fraction of sp³-hybridized carbons (Fsp3) is 0.0339. The zero-order valence-electron chi connectivity index (χ0n) is 39.6. The smallest absolute Gasteiger partial charge is 0.423 e. The van der Waals surface area contributed by atoms with Crippen molar-refractivity contribution in [3.8, 4) is 22.3 Å². The Kier molecular flexibility index (Phi) is 15.1. The Morgan fingerprint density at radius 2 is 0.932 bits per heavy atom. The van der Waals surface area contributed by atoms with E-state index in [1.165, 1.54) is 5.39 Å². The molecule has 1 atom stereocenters. The molecule has 15 heteroatoms. The summed E-state index contributed by atoms with van der Waals surface area (Å²) < 4.78 is 1.07. The van der Waals surface area contributed by atoms with E-state index in [0.29, 0.717) is 10.5 Å². The molecule has 0 aliphatic heterocycles. The third kappa shape index (κ3) is 11.7. The van der Waals surface area contributed by atoms with Gasteiger partial charge in [0.1, 0.15) is 0 Å². The van der Waals surface area contributed by atoms with Crippen molar-refractivity contribution in [1.82, 2.24) is 44.9 Å². The fourth-order valence-corrected chi connectivity index (χ4v) is 8.92. The molecule has 0 saturated heterocycles. The van der Waals surface area contributed by atoms with Gasteiger partial charge in [0.05, 0.1) is 50.2 Å². The van der Waals surface area contributed by atoms with Crippen LogP contribution >= 0.6 is 27.5 Å². The topological polar surface area (TPSA) is 168 Å². The minimum absolute atomic E-state index is 0.115. The lowest BCUT2D eigenvalue weighted by atomic mass is 9.80. The van der Waals surface area contributed by atoms with Gasteiger partial charge in [0, 0.05) is 110 Å². The number of halogens is 2. The van der Waals surface area contributed by atoms with Crippen LogP contribution in [0, 0.1) is 0 Å². The van der Waals surface area contributed by atoms with Crippen LogP contribution in [0.1, 0.15) is 18.5 Å². The highest BCUT2D eigenvalue weighted by Gasteiger charge is 2.14. The van der Waals surface area contributed by atoms with Crippen molar-refractivity contribution in [2.24, 2.45) is 0 Å². The van der Waals surface area contributed by atoms with Crippen LogP contribution in [-0.4, -0.2) is 62.0 Å². The predicted octanol–water partition coefficient (Wildman–Crippen LogP) is 12.8. The van der Waals surface area contributed by atoms with Gasteiger partial charge in [0.2, 0.25) is 0 Å². The van der Waals surface area contributed by atoms with Crippen molar-refractivity contribution >= 4 is 111 Å². The van der Waals surface area contributed by atoms with Gasteiger partial charge < -0.3 is 15.4 Å². The van der Waals surface area contributed by atoms with E-state index in [-0.39, 0.29) is 6.04 Å². The van der Waals surface area contributed by atoms with Gasteiger partial charge in [0.15, 0.2) is 0 Å². The van der Waals surface area contributed by atoms with E-state index in [2.05, 4.69) is 134 Å². The first kappa shape index (κ1) is 48.9. The van der Waals surface area contributed by atoms with Crippen molar-refractivity contribution < 1.29 is 10.0 Å². The van der Waals surface area contributed by atoms with E-state index in [9.17, 15) is 0 Å². The Bertz CT molecular complexity index is 4080. The van der Waals surface area contributed by atoms with Gasteiger partial charge in [-0.05, 0) is 114 Å². The molecule has 0 radical (unpaired) electrons. The first-order valence-corrected chi connectivity index (χ1v) is 24.6. The van der Waals surface area contributed by atoms with Gasteiger partial charge in [-0.25, -0.2) is 0 Å². The maximum atomic E-state index is 8.91. The largest absolute Gasteiger partial charge is 0.488 e. The van der Waals surface area contributed by atoms with Gasteiger partial charge in [-0.15, -0.1) is 0 Å². The van der Waals surface area contributed by atoms with Crippen LogP contribution in [0.15, 0.2) is 224 Å². The SMILES string of the molecule is Brc1ccc2cccnc2c1.CC(Nc1cc(-c2ccc3cccnc3c2)c2nccnc2c1)c1cccnc1.Clc1cc(-c2ccc3cccnc3c2)c2nccnc2c1.OB(O)c1ccc2cccnc2c1. The predicted molar refractivity (Wildman–Crippen MR) is 303 cm³/mol. The Morgan fingerprint density at radius 3 is 1.49 bits per heavy atom. The second-order valence-corrected chi connectivity index (χ2v) is 18.3. The summed E-state index contributed by atoms with van der Waals surface area (Å²) in [6.07, 6.45) is 17.6. The minimum atomic E-state index is -1.42. The number of nitrogens with zero attached hydrogens (tertiary/aromatic N) is 9. The fourth-order valence-electron chi connectivity index (χ4n) is 8.36. The molecule has 0 aliphatic carbocycles. The van der Waals surface area contributed by atoms with E-state index >= 15 is 0 Å². The number of aromatic nitrogens is 9. The molecule has 6 aromatic carbocycles. The van der Waals surface area contributed by atoms with Crippen molar-refractivity contribution in [3.63, 3.8) is 0 Å². The second kappa shape index (κ2) is 22.8. The molecule has 0 amide bonds. The first-order chi connectivity index (χ1) is 36.2. The number of pyridine rings is 5. The molecule has 0 saturated carbocycles. The summed E-state index contributed by atoms with van der Waals surface area (Å²) in [6.45, 7) is 2.12. The summed E-state index contributed by atoms with van der Waals surface area (Å²) >= 11 is 9.60. The summed E-state index contributed by atoms with van der Waals surface area (Å²) in [6, 6.07) is 51.5. The molecule has 1 unspecified atom stereocenters. The minimum Gasteiger partial charge on any atom is -0.423 e. The Morgan fingerprint density at radius 1 is 0.459 bits per heavy atom. The van der Waals surface area contributed by atoms with Crippen molar-refractivity contribution in [2.45, 2.75) is 13.0 Å². The molecule has 0 spiro atoms. The van der Waals surface area contributed by atoms with Gasteiger partial charge in [-0.2, -0.15) is 0 Å². The Balaban J connectivity index is 0.000000121. The average Bonchev–Trinajstić information content (AvgIpc) is 3.45. The number of hydrogen-bond acceptors (Lipinski definition) is 12. The van der Waals surface area contributed by atoms with Crippen LogP contribution in [0.4, 0.5) is 5.69 Å². The van der Waals surface area contributed by atoms with E-state index in [1.807, 2.05) is 97.3 Å². The van der Waals surface area contributed by atoms with Crippen LogP contribution in [0.25, 0.3) is 87.9 Å². The maximum Gasteiger partial charge on any atom is 0.488 e. The van der Waals surface area contributed by atoms with Crippen LogP contribution in [0.2, 0.25) is 5.02 Å². The third-order valence-corrected chi connectivity index (χ3v) is 12.7. The Labute approximate surface area is 439 Å². The van der Waals surface area contributed by atoms with E-state index < -0.39 is 7.12 Å². The molecule has 74 heavy (non-hydrogen) atoms. The number of nitrogens with one attached hydrogen (secondary N) is 1. The normalized spacial score (nSPS) is 11.3. The molecule has 12 nitrogen and oxygen atoms in total.